The number of ether oxygens (including phenoxy) is 2. The number of methoxy groups -OCH3 is 1. The Morgan fingerprint density at radius 1 is 0.939 bits per heavy atom. The van der Waals surface area contributed by atoms with Gasteiger partial charge in [0.05, 0.1) is 20.1 Å². The van der Waals surface area contributed by atoms with E-state index in [1.807, 2.05) is 47.4 Å². The number of para-hydroxylation sites is 1. The summed E-state index contributed by atoms with van der Waals surface area (Å²) in [5.74, 6) is 2.02. The lowest BCUT2D eigenvalue weighted by Crippen LogP contribution is -2.46. The Morgan fingerprint density at radius 2 is 1.70 bits per heavy atom. The van der Waals surface area contributed by atoms with Crippen LogP contribution < -0.4 is 9.47 Å². The smallest absolute Gasteiger partial charge is 0.226 e. The quantitative estimate of drug-likeness (QED) is 0.611. The molecule has 6 heteroatoms. The van der Waals surface area contributed by atoms with Crippen LogP contribution in [0.15, 0.2) is 54.6 Å². The fraction of sp³-hybridized carbons (Fsp3) is 0.481. The van der Waals surface area contributed by atoms with Gasteiger partial charge in [0.25, 0.3) is 0 Å². The average molecular weight is 451 g/mol. The van der Waals surface area contributed by atoms with E-state index in [0.29, 0.717) is 26.1 Å². The van der Waals surface area contributed by atoms with Crippen molar-refractivity contribution in [1.82, 2.24) is 9.80 Å². The maximum Gasteiger partial charge on any atom is 0.226 e. The van der Waals surface area contributed by atoms with Crippen LogP contribution in [0.1, 0.15) is 37.7 Å². The molecule has 2 aliphatic rings. The highest BCUT2D eigenvalue weighted by molar-refractivity contribution is 5.80. The van der Waals surface area contributed by atoms with E-state index in [4.69, 9.17) is 9.47 Å². The monoisotopic (exact) mass is 450 g/mol. The van der Waals surface area contributed by atoms with E-state index in [-0.39, 0.29) is 23.8 Å². The number of benzene rings is 2. The van der Waals surface area contributed by atoms with Crippen LogP contribution in [-0.4, -0.2) is 61.0 Å². The lowest BCUT2D eigenvalue weighted by molar-refractivity contribution is -0.141. The van der Waals surface area contributed by atoms with Crippen molar-refractivity contribution >= 4 is 11.8 Å². The molecule has 2 fully saturated rings. The largest absolute Gasteiger partial charge is 0.497 e. The summed E-state index contributed by atoms with van der Waals surface area (Å²) in [5, 5.41) is 0. The van der Waals surface area contributed by atoms with Crippen LogP contribution in [0.4, 0.5) is 0 Å². The first kappa shape index (κ1) is 23.1. The second-order valence-electron chi connectivity index (χ2n) is 8.95. The molecule has 0 radical (unpaired) electrons. The number of hydrogen-bond donors (Lipinski definition) is 0. The fourth-order valence-corrected chi connectivity index (χ4v) is 4.95. The molecule has 0 aliphatic carbocycles. The van der Waals surface area contributed by atoms with Gasteiger partial charge < -0.3 is 19.3 Å². The summed E-state index contributed by atoms with van der Waals surface area (Å²) in [7, 11) is 1.68. The van der Waals surface area contributed by atoms with E-state index in [1.54, 1.807) is 7.11 Å². The third kappa shape index (κ3) is 6.06. The van der Waals surface area contributed by atoms with E-state index >= 15 is 0 Å². The van der Waals surface area contributed by atoms with Crippen LogP contribution in [0.5, 0.6) is 11.5 Å². The molecule has 4 rings (SSSR count). The number of carbonyl (C=O) groups excluding carboxylic acids is 2. The predicted octanol–water partition coefficient (Wildman–Crippen LogP) is 3.94. The van der Waals surface area contributed by atoms with Crippen molar-refractivity contribution in [2.75, 3.05) is 33.4 Å². The maximum absolute atomic E-state index is 13.3. The number of hydrogen-bond acceptors (Lipinski definition) is 4. The minimum absolute atomic E-state index is 0.0144. The topological polar surface area (TPSA) is 59.1 Å². The van der Waals surface area contributed by atoms with Gasteiger partial charge in [0.1, 0.15) is 11.5 Å². The molecule has 2 amide bonds. The van der Waals surface area contributed by atoms with Crippen molar-refractivity contribution in [3.63, 3.8) is 0 Å². The summed E-state index contributed by atoms with van der Waals surface area (Å²) in [4.78, 5) is 29.9. The number of carbonyl (C=O) groups is 2. The lowest BCUT2D eigenvalue weighted by Gasteiger charge is -2.35. The Labute approximate surface area is 196 Å². The molecule has 2 aliphatic heterocycles. The fourth-order valence-electron chi connectivity index (χ4n) is 4.95. The number of piperidine rings is 1. The molecule has 2 aromatic carbocycles. The third-order valence-electron chi connectivity index (χ3n) is 6.79. The molecular weight excluding hydrogens is 416 g/mol. The zero-order valence-corrected chi connectivity index (χ0v) is 19.4. The second-order valence-corrected chi connectivity index (χ2v) is 8.95. The van der Waals surface area contributed by atoms with Gasteiger partial charge in [0.15, 0.2) is 0 Å². The van der Waals surface area contributed by atoms with Gasteiger partial charge >= 0.3 is 0 Å². The number of rotatable bonds is 8. The van der Waals surface area contributed by atoms with Gasteiger partial charge in [-0.25, -0.2) is 0 Å². The molecule has 2 heterocycles. The summed E-state index contributed by atoms with van der Waals surface area (Å²) < 4.78 is 11.0. The SMILES string of the molecule is COc1cccc(CC2CCCN2C(=O)C2CCN(C(=O)CCOc3ccccc3)CC2)c1. The molecule has 6 nitrogen and oxygen atoms in total. The molecule has 1 unspecified atom stereocenters. The molecule has 0 saturated carbocycles. The first-order valence-electron chi connectivity index (χ1n) is 12.0. The Kier molecular flexibility index (Phi) is 7.87. The predicted molar refractivity (Wildman–Crippen MR) is 127 cm³/mol. The van der Waals surface area contributed by atoms with Gasteiger partial charge in [0.2, 0.25) is 11.8 Å². The highest BCUT2D eigenvalue weighted by Crippen LogP contribution is 2.28. The van der Waals surface area contributed by atoms with Crippen molar-refractivity contribution in [2.45, 2.75) is 44.6 Å². The normalized spacial score (nSPS) is 18.9. The summed E-state index contributed by atoms with van der Waals surface area (Å²) in [6.07, 6.45) is 4.81. The molecule has 0 spiro atoms. The third-order valence-corrected chi connectivity index (χ3v) is 6.79. The summed E-state index contributed by atoms with van der Waals surface area (Å²) >= 11 is 0. The first-order chi connectivity index (χ1) is 16.1. The zero-order chi connectivity index (χ0) is 23.0. The van der Waals surface area contributed by atoms with Gasteiger partial charge in [0, 0.05) is 31.6 Å². The van der Waals surface area contributed by atoms with Crippen molar-refractivity contribution in [1.29, 1.82) is 0 Å². The lowest BCUT2D eigenvalue weighted by atomic mass is 9.94. The van der Waals surface area contributed by atoms with E-state index in [2.05, 4.69) is 17.0 Å². The number of amides is 2. The van der Waals surface area contributed by atoms with Gasteiger partial charge in [-0.15, -0.1) is 0 Å². The van der Waals surface area contributed by atoms with E-state index in [9.17, 15) is 9.59 Å². The minimum Gasteiger partial charge on any atom is -0.497 e. The molecule has 33 heavy (non-hydrogen) atoms. The molecule has 1 atom stereocenters. The molecule has 2 saturated heterocycles. The molecule has 0 aromatic heterocycles. The van der Waals surface area contributed by atoms with Crippen molar-refractivity contribution in [2.24, 2.45) is 5.92 Å². The number of nitrogens with zero attached hydrogens (tertiary/aromatic N) is 2. The second kappa shape index (κ2) is 11.2. The highest BCUT2D eigenvalue weighted by atomic mass is 16.5. The van der Waals surface area contributed by atoms with Crippen LogP contribution >= 0.6 is 0 Å². The van der Waals surface area contributed by atoms with E-state index < -0.39 is 0 Å². The summed E-state index contributed by atoms with van der Waals surface area (Å²) in [6, 6.07) is 17.9. The van der Waals surface area contributed by atoms with Gasteiger partial charge in [-0.05, 0) is 61.9 Å². The van der Waals surface area contributed by atoms with Crippen molar-refractivity contribution in [3.8, 4) is 11.5 Å². The molecule has 2 aromatic rings. The van der Waals surface area contributed by atoms with Crippen LogP contribution in [0.25, 0.3) is 0 Å². The van der Waals surface area contributed by atoms with Crippen LogP contribution in [0, 0.1) is 5.92 Å². The molecule has 0 N–H and O–H groups in total. The zero-order valence-electron chi connectivity index (χ0n) is 19.4. The Bertz CT molecular complexity index is 925. The average Bonchev–Trinajstić information content (AvgIpc) is 3.32. The van der Waals surface area contributed by atoms with Crippen molar-refractivity contribution < 1.29 is 19.1 Å². The Balaban J connectivity index is 1.23. The Hall–Kier alpha value is -3.02. The van der Waals surface area contributed by atoms with Gasteiger partial charge in [-0.1, -0.05) is 30.3 Å². The van der Waals surface area contributed by atoms with Gasteiger partial charge in [-0.2, -0.15) is 0 Å². The molecule has 0 bridgehead atoms. The van der Waals surface area contributed by atoms with E-state index in [0.717, 1.165) is 50.1 Å². The Morgan fingerprint density at radius 3 is 2.45 bits per heavy atom. The van der Waals surface area contributed by atoms with Crippen LogP contribution in [0.2, 0.25) is 0 Å². The first-order valence-corrected chi connectivity index (χ1v) is 12.0. The van der Waals surface area contributed by atoms with Crippen LogP contribution in [-0.2, 0) is 16.0 Å². The minimum atomic E-state index is 0.0144. The summed E-state index contributed by atoms with van der Waals surface area (Å²) in [5.41, 5.74) is 1.21. The van der Waals surface area contributed by atoms with Crippen molar-refractivity contribution in [3.05, 3.63) is 60.2 Å². The van der Waals surface area contributed by atoms with Gasteiger partial charge in [-0.3, -0.25) is 9.59 Å². The number of likely N-dealkylation sites (tertiary alicyclic amines) is 2. The molecule has 176 valence electrons. The van der Waals surface area contributed by atoms with Crippen LogP contribution in [0.3, 0.4) is 0 Å². The molecular formula is C27H34N2O4. The summed E-state index contributed by atoms with van der Waals surface area (Å²) in [6.45, 7) is 2.51. The highest BCUT2D eigenvalue weighted by Gasteiger charge is 2.35. The van der Waals surface area contributed by atoms with E-state index in [1.165, 1.54) is 5.56 Å². The maximum atomic E-state index is 13.3. The standard InChI is InChI=1S/C27H34N2O4/c1-32-25-11-5-7-21(20-25)19-23-8-6-15-29(23)27(31)22-12-16-28(17-13-22)26(30)14-18-33-24-9-3-2-4-10-24/h2-5,7,9-11,20,22-23H,6,8,12-19H2,1H3.